The first kappa shape index (κ1) is 17.2. The highest BCUT2D eigenvalue weighted by molar-refractivity contribution is 6.36. The summed E-state index contributed by atoms with van der Waals surface area (Å²) in [5.41, 5.74) is 1.68. The molecule has 3 aromatic rings. The fourth-order valence-corrected chi connectivity index (χ4v) is 2.63. The van der Waals surface area contributed by atoms with E-state index in [1.807, 2.05) is 30.3 Å². The van der Waals surface area contributed by atoms with Crippen LogP contribution in [0.1, 0.15) is 10.5 Å². The van der Waals surface area contributed by atoms with Crippen molar-refractivity contribution in [3.63, 3.8) is 0 Å². The number of aromatic nitrogens is 2. The van der Waals surface area contributed by atoms with E-state index < -0.39 is 0 Å². The SMILES string of the molecule is CN(C(=O)c1cnc(Nc2ccc(Cl)cc2Cl)cn1)c1ccccc1. The number of benzene rings is 2. The second-order valence-corrected chi connectivity index (χ2v) is 6.08. The summed E-state index contributed by atoms with van der Waals surface area (Å²) in [4.78, 5) is 22.4. The van der Waals surface area contributed by atoms with Gasteiger partial charge in [-0.2, -0.15) is 0 Å². The number of para-hydroxylation sites is 1. The van der Waals surface area contributed by atoms with Crippen LogP contribution in [0.25, 0.3) is 0 Å². The van der Waals surface area contributed by atoms with Gasteiger partial charge in [-0.3, -0.25) is 4.79 Å². The van der Waals surface area contributed by atoms with Gasteiger partial charge >= 0.3 is 0 Å². The van der Waals surface area contributed by atoms with Crippen LogP contribution in [0.3, 0.4) is 0 Å². The van der Waals surface area contributed by atoms with E-state index in [9.17, 15) is 4.79 Å². The number of nitrogens with one attached hydrogen (secondary N) is 1. The molecule has 0 aliphatic carbocycles. The van der Waals surface area contributed by atoms with E-state index in [1.54, 1.807) is 25.2 Å². The highest BCUT2D eigenvalue weighted by Gasteiger charge is 2.15. The predicted octanol–water partition coefficient (Wildman–Crippen LogP) is 4.80. The van der Waals surface area contributed by atoms with Crippen molar-refractivity contribution in [2.75, 3.05) is 17.3 Å². The summed E-state index contributed by atoms with van der Waals surface area (Å²) in [6.45, 7) is 0. The van der Waals surface area contributed by atoms with Crippen molar-refractivity contribution in [3.8, 4) is 0 Å². The zero-order valence-corrected chi connectivity index (χ0v) is 14.8. The topological polar surface area (TPSA) is 58.1 Å². The van der Waals surface area contributed by atoms with Crippen LogP contribution in [0.2, 0.25) is 10.0 Å². The molecule has 0 fully saturated rings. The summed E-state index contributed by atoms with van der Waals surface area (Å²) in [5.74, 6) is 0.234. The molecule has 126 valence electrons. The molecule has 1 N–H and O–H groups in total. The van der Waals surface area contributed by atoms with Crippen LogP contribution < -0.4 is 10.2 Å². The van der Waals surface area contributed by atoms with Crippen molar-refractivity contribution < 1.29 is 4.79 Å². The Morgan fingerprint density at radius 2 is 1.80 bits per heavy atom. The summed E-state index contributed by atoms with van der Waals surface area (Å²) in [6.07, 6.45) is 2.91. The molecule has 0 aliphatic rings. The van der Waals surface area contributed by atoms with E-state index in [0.717, 1.165) is 5.69 Å². The highest BCUT2D eigenvalue weighted by atomic mass is 35.5. The van der Waals surface area contributed by atoms with E-state index in [4.69, 9.17) is 23.2 Å². The number of rotatable bonds is 4. The number of hydrogen-bond acceptors (Lipinski definition) is 4. The molecule has 2 aromatic carbocycles. The van der Waals surface area contributed by atoms with Gasteiger partial charge in [0.1, 0.15) is 11.5 Å². The van der Waals surface area contributed by atoms with Gasteiger partial charge in [-0.25, -0.2) is 9.97 Å². The number of carbonyl (C=O) groups is 1. The maximum atomic E-state index is 12.5. The Balaban J connectivity index is 1.74. The van der Waals surface area contributed by atoms with Crippen molar-refractivity contribution in [3.05, 3.63) is 76.7 Å². The minimum Gasteiger partial charge on any atom is -0.338 e. The quantitative estimate of drug-likeness (QED) is 0.714. The van der Waals surface area contributed by atoms with Crippen molar-refractivity contribution in [2.24, 2.45) is 0 Å². The summed E-state index contributed by atoms with van der Waals surface area (Å²) in [6, 6.07) is 14.4. The number of amides is 1. The van der Waals surface area contributed by atoms with Crippen LogP contribution in [-0.4, -0.2) is 22.9 Å². The number of nitrogens with zero attached hydrogens (tertiary/aromatic N) is 3. The Hall–Kier alpha value is -2.63. The minimum atomic E-state index is -0.241. The van der Waals surface area contributed by atoms with Crippen LogP contribution in [0, 0.1) is 0 Å². The van der Waals surface area contributed by atoms with Crippen LogP contribution in [-0.2, 0) is 0 Å². The smallest absolute Gasteiger partial charge is 0.278 e. The fraction of sp³-hybridized carbons (Fsp3) is 0.0556. The average Bonchev–Trinajstić information content (AvgIpc) is 2.64. The van der Waals surface area contributed by atoms with Gasteiger partial charge in [0.15, 0.2) is 0 Å². The molecule has 0 spiro atoms. The van der Waals surface area contributed by atoms with Crippen LogP contribution >= 0.6 is 23.2 Å². The normalized spacial score (nSPS) is 10.4. The molecule has 1 aromatic heterocycles. The van der Waals surface area contributed by atoms with Gasteiger partial charge in [0.2, 0.25) is 0 Å². The first-order valence-electron chi connectivity index (χ1n) is 7.42. The Bertz CT molecular complexity index is 885. The molecule has 5 nitrogen and oxygen atoms in total. The van der Waals surface area contributed by atoms with Crippen LogP contribution in [0.4, 0.5) is 17.2 Å². The minimum absolute atomic E-state index is 0.241. The lowest BCUT2D eigenvalue weighted by Crippen LogP contribution is -2.27. The standard InChI is InChI=1S/C18H14Cl2N4O/c1-24(13-5-3-2-4-6-13)18(25)16-10-22-17(11-21-16)23-15-8-7-12(19)9-14(15)20/h2-11H,1H3,(H,22,23). The number of halogens is 2. The Morgan fingerprint density at radius 3 is 2.44 bits per heavy atom. The average molecular weight is 373 g/mol. The van der Waals surface area contributed by atoms with Gasteiger partial charge in [-0.05, 0) is 30.3 Å². The summed E-state index contributed by atoms with van der Waals surface area (Å²) in [5, 5.41) is 4.06. The largest absolute Gasteiger partial charge is 0.338 e. The van der Waals surface area contributed by atoms with Gasteiger partial charge in [-0.1, -0.05) is 41.4 Å². The number of anilines is 3. The van der Waals surface area contributed by atoms with Crippen LogP contribution in [0.15, 0.2) is 60.9 Å². The molecule has 3 rings (SSSR count). The number of carbonyl (C=O) groups excluding carboxylic acids is 1. The molecular formula is C18H14Cl2N4O. The molecular weight excluding hydrogens is 359 g/mol. The maximum Gasteiger partial charge on any atom is 0.278 e. The van der Waals surface area contributed by atoms with Gasteiger partial charge < -0.3 is 10.2 Å². The molecule has 0 saturated carbocycles. The van der Waals surface area contributed by atoms with Crippen molar-refractivity contribution >= 4 is 46.3 Å². The van der Waals surface area contributed by atoms with Crippen molar-refractivity contribution in [2.45, 2.75) is 0 Å². The third-order valence-electron chi connectivity index (χ3n) is 3.51. The van der Waals surface area contributed by atoms with E-state index in [1.165, 1.54) is 17.3 Å². The first-order chi connectivity index (χ1) is 12.0. The molecule has 0 atom stereocenters. The molecule has 7 heteroatoms. The fourth-order valence-electron chi connectivity index (χ4n) is 2.17. The summed E-state index contributed by atoms with van der Waals surface area (Å²) >= 11 is 12.0. The maximum absolute atomic E-state index is 12.5. The summed E-state index contributed by atoms with van der Waals surface area (Å²) in [7, 11) is 1.69. The van der Waals surface area contributed by atoms with E-state index in [0.29, 0.717) is 21.6 Å². The van der Waals surface area contributed by atoms with Gasteiger partial charge in [-0.15, -0.1) is 0 Å². The molecule has 25 heavy (non-hydrogen) atoms. The molecule has 0 bridgehead atoms. The Kier molecular flexibility index (Phi) is 5.16. The van der Waals surface area contributed by atoms with Gasteiger partial charge in [0, 0.05) is 17.8 Å². The number of hydrogen-bond donors (Lipinski definition) is 1. The van der Waals surface area contributed by atoms with E-state index in [2.05, 4.69) is 15.3 Å². The summed E-state index contributed by atoms with van der Waals surface area (Å²) < 4.78 is 0. The molecule has 0 aliphatic heterocycles. The second kappa shape index (κ2) is 7.51. The second-order valence-electron chi connectivity index (χ2n) is 5.24. The Morgan fingerprint density at radius 1 is 1.04 bits per heavy atom. The lowest BCUT2D eigenvalue weighted by molar-refractivity contribution is 0.0988. The lowest BCUT2D eigenvalue weighted by atomic mass is 10.3. The van der Waals surface area contributed by atoms with Gasteiger partial charge in [0.25, 0.3) is 5.91 Å². The third-order valence-corrected chi connectivity index (χ3v) is 4.06. The third kappa shape index (κ3) is 4.07. The molecule has 0 saturated heterocycles. The van der Waals surface area contributed by atoms with Crippen molar-refractivity contribution in [1.29, 1.82) is 0 Å². The monoisotopic (exact) mass is 372 g/mol. The molecule has 0 unspecified atom stereocenters. The van der Waals surface area contributed by atoms with E-state index >= 15 is 0 Å². The first-order valence-corrected chi connectivity index (χ1v) is 8.17. The van der Waals surface area contributed by atoms with Gasteiger partial charge in [0.05, 0.1) is 23.1 Å². The lowest BCUT2D eigenvalue weighted by Gasteiger charge is -2.16. The zero-order chi connectivity index (χ0) is 17.8. The van der Waals surface area contributed by atoms with Crippen LogP contribution in [0.5, 0.6) is 0 Å². The van der Waals surface area contributed by atoms with Crippen molar-refractivity contribution in [1.82, 2.24) is 9.97 Å². The molecule has 0 radical (unpaired) electrons. The predicted molar refractivity (Wildman–Crippen MR) is 101 cm³/mol. The highest BCUT2D eigenvalue weighted by Crippen LogP contribution is 2.27. The van der Waals surface area contributed by atoms with E-state index in [-0.39, 0.29) is 11.6 Å². The zero-order valence-electron chi connectivity index (χ0n) is 13.3. The Labute approximate surface area is 155 Å². The molecule has 1 heterocycles. The molecule has 1 amide bonds.